The van der Waals surface area contributed by atoms with Crippen molar-refractivity contribution in [2.45, 2.75) is 108 Å². The Morgan fingerprint density at radius 3 is 2.25 bits per heavy atom. The zero-order valence-electron chi connectivity index (χ0n) is 21.7. The maximum Gasteiger partial charge on any atom is 0.350 e. The molecule has 4 fully saturated rings. The van der Waals surface area contributed by atoms with E-state index in [1.54, 1.807) is 0 Å². The highest BCUT2D eigenvalue weighted by atomic mass is 32.1. The zero-order valence-corrected chi connectivity index (χ0v) is 22.5. The maximum atomic E-state index is 14.1. The van der Waals surface area contributed by atoms with Crippen LogP contribution < -0.4 is 4.90 Å². The van der Waals surface area contributed by atoms with E-state index < -0.39 is 5.79 Å². The minimum absolute atomic E-state index is 0.000945. The number of anilines is 1. The van der Waals surface area contributed by atoms with Gasteiger partial charge >= 0.3 is 5.97 Å². The summed E-state index contributed by atoms with van der Waals surface area (Å²) in [5.41, 5.74) is 0.723. The van der Waals surface area contributed by atoms with Gasteiger partial charge in [0.05, 0.1) is 32.1 Å². The van der Waals surface area contributed by atoms with Crippen LogP contribution in [0.5, 0.6) is 0 Å². The fourth-order valence-electron chi connectivity index (χ4n) is 6.66. The van der Waals surface area contributed by atoms with Gasteiger partial charge in [-0.2, -0.15) is 0 Å². The molecule has 7 nitrogen and oxygen atoms in total. The minimum atomic E-state index is -0.426. The molecule has 1 N–H and O–H groups in total. The van der Waals surface area contributed by atoms with E-state index in [2.05, 4.69) is 13.0 Å². The number of hydrogen-bond acceptors (Lipinski definition) is 7. The maximum absolute atomic E-state index is 14.1. The van der Waals surface area contributed by atoms with Crippen molar-refractivity contribution in [1.29, 1.82) is 0 Å². The fraction of sp³-hybridized carbons (Fsp3) is 0.786. The summed E-state index contributed by atoms with van der Waals surface area (Å²) in [7, 11) is 1.41. The lowest BCUT2D eigenvalue weighted by Gasteiger charge is -2.39. The lowest BCUT2D eigenvalue weighted by atomic mass is 9.81. The third-order valence-electron chi connectivity index (χ3n) is 8.96. The number of ether oxygens (including phenoxy) is 3. The predicted octanol–water partition coefficient (Wildman–Crippen LogP) is 5.40. The molecule has 1 spiro atoms. The lowest BCUT2D eigenvalue weighted by Crippen LogP contribution is -2.47. The molecular formula is C28H41NO6S. The molecule has 200 valence electrons. The molecule has 5 rings (SSSR count). The Kier molecular flexibility index (Phi) is 8.06. The van der Waals surface area contributed by atoms with E-state index in [0.717, 1.165) is 74.8 Å². The van der Waals surface area contributed by atoms with Gasteiger partial charge in [-0.1, -0.05) is 6.92 Å². The first kappa shape index (κ1) is 26.1. The van der Waals surface area contributed by atoms with Gasteiger partial charge < -0.3 is 24.2 Å². The molecule has 1 amide bonds. The summed E-state index contributed by atoms with van der Waals surface area (Å²) in [6.07, 6.45) is 10.1. The summed E-state index contributed by atoms with van der Waals surface area (Å²) in [5, 5.41) is 10.1. The molecule has 1 aromatic rings. The van der Waals surface area contributed by atoms with E-state index in [4.69, 9.17) is 14.2 Å². The highest BCUT2D eigenvalue weighted by Gasteiger charge is 2.42. The number of amides is 1. The number of carbonyl (C=O) groups is 2. The topological polar surface area (TPSA) is 85.3 Å². The first-order valence-electron chi connectivity index (χ1n) is 13.9. The molecule has 0 bridgehead atoms. The molecule has 1 aromatic heterocycles. The van der Waals surface area contributed by atoms with Gasteiger partial charge in [-0.25, -0.2) is 4.79 Å². The van der Waals surface area contributed by atoms with Gasteiger partial charge in [0.25, 0.3) is 0 Å². The number of hydrogen-bond donors (Lipinski definition) is 1. The van der Waals surface area contributed by atoms with Gasteiger partial charge in [-0.3, -0.25) is 4.79 Å². The van der Waals surface area contributed by atoms with Crippen molar-refractivity contribution < 1.29 is 28.9 Å². The average molecular weight is 520 g/mol. The number of aliphatic hydroxyl groups excluding tert-OH is 1. The third kappa shape index (κ3) is 5.38. The summed E-state index contributed by atoms with van der Waals surface area (Å²) >= 11 is 1.49. The predicted molar refractivity (Wildman–Crippen MR) is 138 cm³/mol. The monoisotopic (exact) mass is 519 g/mol. The van der Waals surface area contributed by atoms with Crippen molar-refractivity contribution in [1.82, 2.24) is 0 Å². The van der Waals surface area contributed by atoms with Crippen LogP contribution in [0.25, 0.3) is 0 Å². The molecule has 4 aliphatic rings. The van der Waals surface area contributed by atoms with Crippen LogP contribution in [0.3, 0.4) is 0 Å². The average Bonchev–Trinajstić information content (AvgIpc) is 3.54. The van der Waals surface area contributed by atoms with Crippen LogP contribution in [0.2, 0.25) is 0 Å². The smallest absolute Gasteiger partial charge is 0.350 e. The van der Waals surface area contributed by atoms with Crippen LogP contribution in [-0.4, -0.2) is 55.2 Å². The molecule has 2 heterocycles. The standard InChI is InChI=1S/C28H41NO6S/c1-18-3-5-20(6-4-18)26(31)29(21-7-9-22(30)10-8-21)23-17-24(36-25(23)27(32)33-2)19-11-13-28(14-12-19)34-15-16-35-28/h17-22,30H,3-16H2,1-2H3. The molecule has 36 heavy (non-hydrogen) atoms. The van der Waals surface area contributed by atoms with Crippen LogP contribution in [-0.2, 0) is 19.0 Å². The Bertz CT molecular complexity index is 914. The quantitative estimate of drug-likeness (QED) is 0.525. The van der Waals surface area contributed by atoms with Crippen LogP contribution in [0.1, 0.15) is 104 Å². The first-order valence-corrected chi connectivity index (χ1v) is 14.7. The SMILES string of the molecule is COC(=O)c1sc(C2CCC3(CC2)OCCO3)cc1N(C(=O)C1CCC(C)CC1)C1CCC(O)CC1. The van der Waals surface area contributed by atoms with Crippen LogP contribution >= 0.6 is 11.3 Å². The molecule has 0 radical (unpaired) electrons. The van der Waals surface area contributed by atoms with E-state index in [0.29, 0.717) is 42.8 Å². The number of nitrogens with zero attached hydrogens (tertiary/aromatic N) is 1. The van der Waals surface area contributed by atoms with E-state index >= 15 is 0 Å². The number of thiophene rings is 1. The highest BCUT2D eigenvalue weighted by Crippen LogP contribution is 2.47. The van der Waals surface area contributed by atoms with E-state index in [1.165, 1.54) is 18.4 Å². The summed E-state index contributed by atoms with van der Waals surface area (Å²) in [6.45, 7) is 3.58. The highest BCUT2D eigenvalue weighted by molar-refractivity contribution is 7.14. The second-order valence-corrected chi connectivity index (χ2v) is 12.4. The van der Waals surface area contributed by atoms with Gasteiger partial charge in [0, 0.05) is 29.7 Å². The van der Waals surface area contributed by atoms with E-state index in [-0.39, 0.29) is 29.9 Å². The first-order chi connectivity index (χ1) is 17.4. The second kappa shape index (κ2) is 11.1. The molecule has 1 saturated heterocycles. The summed E-state index contributed by atoms with van der Waals surface area (Å²) in [5.74, 6) is 0.313. The summed E-state index contributed by atoms with van der Waals surface area (Å²) in [4.78, 5) is 30.7. The molecule has 0 atom stereocenters. The molecule has 8 heteroatoms. The van der Waals surface area contributed by atoms with Crippen LogP contribution in [0, 0.1) is 11.8 Å². The van der Waals surface area contributed by atoms with Crippen LogP contribution in [0.4, 0.5) is 5.69 Å². The van der Waals surface area contributed by atoms with E-state index in [1.807, 2.05) is 4.90 Å². The van der Waals surface area contributed by atoms with Crippen molar-refractivity contribution in [3.8, 4) is 0 Å². The number of carbonyl (C=O) groups excluding carboxylic acids is 2. The van der Waals surface area contributed by atoms with Crippen molar-refractivity contribution in [2.75, 3.05) is 25.2 Å². The van der Waals surface area contributed by atoms with Gasteiger partial charge in [0.15, 0.2) is 5.79 Å². The van der Waals surface area contributed by atoms with Crippen molar-refractivity contribution in [3.63, 3.8) is 0 Å². The molecule has 3 aliphatic carbocycles. The third-order valence-corrected chi connectivity index (χ3v) is 10.2. The molecular weight excluding hydrogens is 478 g/mol. The van der Waals surface area contributed by atoms with Gasteiger partial charge in [0.2, 0.25) is 5.91 Å². The molecule has 0 aromatic carbocycles. The number of rotatable bonds is 5. The van der Waals surface area contributed by atoms with Crippen LogP contribution in [0.15, 0.2) is 6.07 Å². The minimum Gasteiger partial charge on any atom is -0.465 e. The Morgan fingerprint density at radius 1 is 1.00 bits per heavy atom. The summed E-state index contributed by atoms with van der Waals surface area (Å²) in [6, 6.07) is 2.10. The Morgan fingerprint density at radius 2 is 1.64 bits per heavy atom. The molecule has 3 saturated carbocycles. The fourth-order valence-corrected chi connectivity index (χ4v) is 7.90. The number of aliphatic hydroxyl groups is 1. The second-order valence-electron chi connectivity index (χ2n) is 11.4. The van der Waals surface area contributed by atoms with Gasteiger partial charge in [-0.15, -0.1) is 11.3 Å². The Balaban J connectivity index is 1.44. The van der Waals surface area contributed by atoms with Gasteiger partial charge in [-0.05, 0) is 82.1 Å². The number of esters is 1. The number of methoxy groups -OCH3 is 1. The Labute approximate surface area is 218 Å². The van der Waals surface area contributed by atoms with Gasteiger partial charge in [0.1, 0.15) is 4.88 Å². The van der Waals surface area contributed by atoms with Crippen molar-refractivity contribution in [2.24, 2.45) is 11.8 Å². The lowest BCUT2D eigenvalue weighted by molar-refractivity contribution is -0.178. The largest absolute Gasteiger partial charge is 0.465 e. The normalized spacial score (nSPS) is 30.9. The molecule has 1 aliphatic heterocycles. The Hall–Kier alpha value is -1.48. The molecule has 0 unspecified atom stereocenters. The summed E-state index contributed by atoms with van der Waals surface area (Å²) < 4.78 is 17.0. The zero-order chi connectivity index (χ0) is 25.3. The van der Waals surface area contributed by atoms with Crippen molar-refractivity contribution in [3.05, 3.63) is 15.8 Å². The van der Waals surface area contributed by atoms with E-state index in [9.17, 15) is 14.7 Å². The van der Waals surface area contributed by atoms with Crippen molar-refractivity contribution >= 4 is 28.9 Å².